The van der Waals surface area contributed by atoms with Crippen molar-refractivity contribution in [1.82, 2.24) is 4.31 Å². The predicted molar refractivity (Wildman–Crippen MR) is 107 cm³/mol. The Balaban J connectivity index is 1.74. The van der Waals surface area contributed by atoms with Crippen molar-refractivity contribution in [1.29, 1.82) is 0 Å². The van der Waals surface area contributed by atoms with Gasteiger partial charge in [0.05, 0.1) is 9.92 Å². The van der Waals surface area contributed by atoms with E-state index in [1.165, 1.54) is 16.4 Å². The second-order valence-corrected chi connectivity index (χ2v) is 9.23. The van der Waals surface area contributed by atoms with E-state index < -0.39 is 10.0 Å². The SMILES string of the molecule is O=C(Nc1ccc(S(=O)(=O)N2CCCC2)cc1)c1ccc(Cl)c(I)c1. The average Bonchev–Trinajstić information content (AvgIpc) is 3.13. The molecule has 0 bridgehead atoms. The van der Waals surface area contributed by atoms with E-state index in [0.717, 1.165) is 16.4 Å². The van der Waals surface area contributed by atoms with E-state index in [-0.39, 0.29) is 10.8 Å². The Morgan fingerprint density at radius 2 is 1.72 bits per heavy atom. The first-order valence-corrected chi connectivity index (χ1v) is 10.6. The highest BCUT2D eigenvalue weighted by molar-refractivity contribution is 14.1. The van der Waals surface area contributed by atoms with Gasteiger partial charge < -0.3 is 5.32 Å². The molecule has 0 aliphatic carbocycles. The van der Waals surface area contributed by atoms with Crippen LogP contribution in [0.3, 0.4) is 0 Å². The first-order valence-electron chi connectivity index (χ1n) is 7.74. The van der Waals surface area contributed by atoms with Crippen molar-refractivity contribution < 1.29 is 13.2 Å². The molecular formula is C17H16ClIN2O3S. The molecule has 0 radical (unpaired) electrons. The molecule has 1 aliphatic heterocycles. The van der Waals surface area contributed by atoms with Gasteiger partial charge in [-0.1, -0.05) is 11.6 Å². The maximum Gasteiger partial charge on any atom is 0.255 e. The number of anilines is 1. The fourth-order valence-electron chi connectivity index (χ4n) is 2.63. The van der Waals surface area contributed by atoms with Gasteiger partial charge in [-0.2, -0.15) is 4.31 Å². The fourth-order valence-corrected chi connectivity index (χ4v) is 4.78. The normalized spacial score (nSPS) is 15.3. The molecule has 5 nitrogen and oxygen atoms in total. The Labute approximate surface area is 165 Å². The van der Waals surface area contributed by atoms with E-state index in [4.69, 9.17) is 11.6 Å². The zero-order valence-electron chi connectivity index (χ0n) is 13.2. The average molecular weight is 491 g/mol. The number of carbonyl (C=O) groups is 1. The third-order valence-corrected chi connectivity index (χ3v) is 7.45. The van der Waals surface area contributed by atoms with Crippen LogP contribution in [0.4, 0.5) is 5.69 Å². The van der Waals surface area contributed by atoms with Gasteiger partial charge >= 0.3 is 0 Å². The number of carbonyl (C=O) groups excluding carboxylic acids is 1. The first kappa shape index (κ1) is 18.6. The summed E-state index contributed by atoms with van der Waals surface area (Å²) in [7, 11) is -3.44. The summed E-state index contributed by atoms with van der Waals surface area (Å²) < 4.78 is 27.3. The van der Waals surface area contributed by atoms with Crippen LogP contribution >= 0.6 is 34.2 Å². The van der Waals surface area contributed by atoms with E-state index in [0.29, 0.717) is 29.4 Å². The van der Waals surface area contributed by atoms with Crippen LogP contribution in [0.1, 0.15) is 23.2 Å². The van der Waals surface area contributed by atoms with Crippen LogP contribution in [0.5, 0.6) is 0 Å². The predicted octanol–water partition coefficient (Wildman–Crippen LogP) is 3.98. The molecule has 0 aromatic heterocycles. The third kappa shape index (κ3) is 4.16. The van der Waals surface area contributed by atoms with Crippen molar-refractivity contribution in [2.45, 2.75) is 17.7 Å². The van der Waals surface area contributed by atoms with Crippen LogP contribution in [0.2, 0.25) is 5.02 Å². The fraction of sp³-hybridized carbons (Fsp3) is 0.235. The summed E-state index contributed by atoms with van der Waals surface area (Å²) in [6.45, 7) is 1.13. The lowest BCUT2D eigenvalue weighted by Crippen LogP contribution is -2.27. The molecule has 2 aromatic carbocycles. The van der Waals surface area contributed by atoms with Crippen molar-refractivity contribution in [2.24, 2.45) is 0 Å². The number of nitrogens with one attached hydrogen (secondary N) is 1. The van der Waals surface area contributed by atoms with Gasteiger partial charge in [-0.3, -0.25) is 4.79 Å². The summed E-state index contributed by atoms with van der Waals surface area (Å²) in [6, 6.07) is 11.3. The largest absolute Gasteiger partial charge is 0.322 e. The third-order valence-electron chi connectivity index (χ3n) is 4.00. The molecule has 132 valence electrons. The van der Waals surface area contributed by atoms with Gasteiger partial charge in [0.25, 0.3) is 5.91 Å². The van der Waals surface area contributed by atoms with E-state index >= 15 is 0 Å². The van der Waals surface area contributed by atoms with E-state index in [1.54, 1.807) is 30.3 Å². The van der Waals surface area contributed by atoms with Gasteiger partial charge in [-0.25, -0.2) is 8.42 Å². The molecule has 2 aromatic rings. The summed E-state index contributed by atoms with van der Waals surface area (Å²) in [5.41, 5.74) is 1.03. The van der Waals surface area contributed by atoms with Gasteiger partial charge in [-0.05, 0) is 77.9 Å². The molecule has 25 heavy (non-hydrogen) atoms. The number of hydrogen-bond acceptors (Lipinski definition) is 3. The van der Waals surface area contributed by atoms with Gasteiger partial charge in [0.1, 0.15) is 0 Å². The highest BCUT2D eigenvalue weighted by atomic mass is 127. The lowest BCUT2D eigenvalue weighted by atomic mass is 10.2. The molecule has 3 rings (SSSR count). The molecule has 1 aliphatic rings. The van der Waals surface area contributed by atoms with Crippen LogP contribution < -0.4 is 5.32 Å². The molecule has 8 heteroatoms. The Bertz CT molecular complexity index is 895. The van der Waals surface area contributed by atoms with Crippen LogP contribution in [-0.2, 0) is 10.0 Å². The minimum atomic E-state index is -3.44. The quantitative estimate of drug-likeness (QED) is 0.659. The number of rotatable bonds is 4. The Hall–Kier alpha value is -1.16. The van der Waals surface area contributed by atoms with Gasteiger partial charge in [0.15, 0.2) is 0 Å². The molecule has 1 heterocycles. The van der Waals surface area contributed by atoms with E-state index in [1.807, 2.05) is 0 Å². The zero-order chi connectivity index (χ0) is 18.0. The Morgan fingerprint density at radius 3 is 2.32 bits per heavy atom. The first-order chi connectivity index (χ1) is 11.9. The van der Waals surface area contributed by atoms with Crippen LogP contribution in [0.15, 0.2) is 47.4 Å². The minimum absolute atomic E-state index is 0.244. The topological polar surface area (TPSA) is 66.5 Å². The summed E-state index contributed by atoms with van der Waals surface area (Å²) >= 11 is 8.02. The highest BCUT2D eigenvalue weighted by Crippen LogP contribution is 2.23. The standard InChI is InChI=1S/C17H16ClIN2O3S/c18-15-8-3-12(11-16(15)19)17(22)20-13-4-6-14(7-5-13)25(23,24)21-9-1-2-10-21/h3-8,11H,1-2,9-10H2,(H,20,22). The molecule has 0 unspecified atom stereocenters. The molecule has 0 spiro atoms. The molecule has 1 saturated heterocycles. The van der Waals surface area contributed by atoms with Crippen LogP contribution in [-0.4, -0.2) is 31.7 Å². The summed E-state index contributed by atoms with van der Waals surface area (Å²) in [5, 5.41) is 3.35. The van der Waals surface area contributed by atoms with Crippen molar-refractivity contribution in [3.05, 3.63) is 56.6 Å². The molecule has 1 fully saturated rings. The molecule has 1 N–H and O–H groups in total. The van der Waals surface area contributed by atoms with Crippen LogP contribution in [0, 0.1) is 3.57 Å². The van der Waals surface area contributed by atoms with E-state index in [2.05, 4.69) is 27.9 Å². The number of sulfonamides is 1. The molecule has 1 amide bonds. The van der Waals surface area contributed by atoms with Crippen LogP contribution in [0.25, 0.3) is 0 Å². The van der Waals surface area contributed by atoms with Crippen molar-refractivity contribution in [2.75, 3.05) is 18.4 Å². The van der Waals surface area contributed by atoms with Crippen molar-refractivity contribution in [3.8, 4) is 0 Å². The molecule has 0 saturated carbocycles. The summed E-state index contributed by atoms with van der Waals surface area (Å²) in [4.78, 5) is 12.5. The number of nitrogens with zero attached hydrogens (tertiary/aromatic N) is 1. The van der Waals surface area contributed by atoms with Gasteiger partial charge in [0, 0.05) is 27.9 Å². The second-order valence-electron chi connectivity index (χ2n) is 5.72. The lowest BCUT2D eigenvalue weighted by molar-refractivity contribution is 0.102. The number of hydrogen-bond donors (Lipinski definition) is 1. The number of benzene rings is 2. The zero-order valence-corrected chi connectivity index (χ0v) is 16.9. The Morgan fingerprint density at radius 1 is 1.08 bits per heavy atom. The highest BCUT2D eigenvalue weighted by Gasteiger charge is 2.26. The number of halogens is 2. The number of amides is 1. The summed E-state index contributed by atoms with van der Waals surface area (Å²) in [6.07, 6.45) is 1.79. The van der Waals surface area contributed by atoms with Crippen molar-refractivity contribution >= 4 is 55.8 Å². The summed E-state index contributed by atoms with van der Waals surface area (Å²) in [5.74, 6) is -0.273. The maximum absolute atomic E-state index is 12.5. The Kier molecular flexibility index (Phi) is 5.67. The minimum Gasteiger partial charge on any atom is -0.322 e. The van der Waals surface area contributed by atoms with E-state index in [9.17, 15) is 13.2 Å². The van der Waals surface area contributed by atoms with Gasteiger partial charge in [0.2, 0.25) is 10.0 Å². The van der Waals surface area contributed by atoms with Crippen molar-refractivity contribution in [3.63, 3.8) is 0 Å². The molecule has 0 atom stereocenters. The maximum atomic E-state index is 12.5. The smallest absolute Gasteiger partial charge is 0.255 e. The van der Waals surface area contributed by atoms with Gasteiger partial charge in [-0.15, -0.1) is 0 Å². The second kappa shape index (κ2) is 7.61. The lowest BCUT2D eigenvalue weighted by Gasteiger charge is -2.15. The monoisotopic (exact) mass is 490 g/mol. The molecular weight excluding hydrogens is 475 g/mol.